The summed E-state index contributed by atoms with van der Waals surface area (Å²) < 4.78 is 0. The molecule has 2 rings (SSSR count). The van der Waals surface area contributed by atoms with E-state index in [9.17, 15) is 4.79 Å². The number of nitrogens with one attached hydrogen (secondary N) is 3. The maximum Gasteiger partial charge on any atom is 0.263 e. The number of aryl methyl sites for hydroxylation is 2. The molecule has 0 bridgehead atoms. The van der Waals surface area contributed by atoms with Gasteiger partial charge in [-0.05, 0) is 30.9 Å². The maximum absolute atomic E-state index is 11.9. The fraction of sp³-hybridized carbons (Fsp3) is 0.400. The summed E-state index contributed by atoms with van der Waals surface area (Å²) in [6.45, 7) is 5.81. The van der Waals surface area contributed by atoms with E-state index >= 15 is 0 Å². The SMILES string of the molecule is CN=C(NCCNC(=O)c1scnc1C)NCc1sccc1C. The average molecular weight is 352 g/mol. The summed E-state index contributed by atoms with van der Waals surface area (Å²) in [6, 6.07) is 2.11. The van der Waals surface area contributed by atoms with Crippen LogP contribution in [-0.4, -0.2) is 37.0 Å². The van der Waals surface area contributed by atoms with Crippen molar-refractivity contribution in [2.24, 2.45) is 4.99 Å². The van der Waals surface area contributed by atoms with Gasteiger partial charge < -0.3 is 16.0 Å². The van der Waals surface area contributed by atoms with Crippen LogP contribution >= 0.6 is 22.7 Å². The molecule has 23 heavy (non-hydrogen) atoms. The number of carbonyl (C=O) groups is 1. The summed E-state index contributed by atoms with van der Waals surface area (Å²) in [5.41, 5.74) is 3.73. The molecular weight excluding hydrogens is 330 g/mol. The van der Waals surface area contributed by atoms with Gasteiger partial charge in [0, 0.05) is 25.0 Å². The molecule has 0 atom stereocenters. The second kappa shape index (κ2) is 8.64. The number of amides is 1. The van der Waals surface area contributed by atoms with Crippen LogP contribution in [0.2, 0.25) is 0 Å². The summed E-state index contributed by atoms with van der Waals surface area (Å²) in [5.74, 6) is 0.643. The third kappa shape index (κ3) is 5.04. The highest BCUT2D eigenvalue weighted by molar-refractivity contribution is 7.11. The number of guanidine groups is 1. The molecule has 0 unspecified atom stereocenters. The Hall–Kier alpha value is -1.93. The van der Waals surface area contributed by atoms with Crippen molar-refractivity contribution in [3.05, 3.63) is 38.0 Å². The Labute approximate surface area is 144 Å². The third-order valence-electron chi connectivity index (χ3n) is 3.26. The molecule has 0 aliphatic rings. The molecular formula is C15H21N5OS2. The standard InChI is InChI=1S/C15H21N5OS2/c1-10-4-7-22-12(10)8-19-15(16-3)18-6-5-17-14(21)13-11(2)20-9-23-13/h4,7,9H,5-6,8H2,1-3H3,(H,17,21)(H2,16,18,19). The van der Waals surface area contributed by atoms with Crippen LogP contribution in [0.3, 0.4) is 0 Å². The lowest BCUT2D eigenvalue weighted by Gasteiger charge is -2.12. The van der Waals surface area contributed by atoms with Crippen molar-refractivity contribution in [1.29, 1.82) is 0 Å². The molecule has 8 heteroatoms. The van der Waals surface area contributed by atoms with Gasteiger partial charge in [-0.25, -0.2) is 4.98 Å². The van der Waals surface area contributed by atoms with Crippen molar-refractivity contribution < 1.29 is 4.79 Å². The highest BCUT2D eigenvalue weighted by atomic mass is 32.1. The van der Waals surface area contributed by atoms with Crippen LogP contribution < -0.4 is 16.0 Å². The monoisotopic (exact) mass is 351 g/mol. The molecule has 2 aromatic rings. The van der Waals surface area contributed by atoms with Gasteiger partial charge in [0.2, 0.25) is 0 Å². The largest absolute Gasteiger partial charge is 0.355 e. The van der Waals surface area contributed by atoms with Crippen molar-refractivity contribution in [1.82, 2.24) is 20.9 Å². The molecule has 0 fully saturated rings. The van der Waals surface area contributed by atoms with Crippen molar-refractivity contribution in [2.45, 2.75) is 20.4 Å². The van der Waals surface area contributed by atoms with Gasteiger partial charge in [-0.1, -0.05) is 0 Å². The van der Waals surface area contributed by atoms with Crippen molar-refractivity contribution in [3.8, 4) is 0 Å². The molecule has 1 amide bonds. The smallest absolute Gasteiger partial charge is 0.263 e. The molecule has 0 aliphatic carbocycles. The van der Waals surface area contributed by atoms with Crippen LogP contribution in [0.4, 0.5) is 0 Å². The first kappa shape index (κ1) is 17.4. The zero-order valence-electron chi connectivity index (χ0n) is 13.5. The van der Waals surface area contributed by atoms with Crippen LogP contribution in [0.1, 0.15) is 25.8 Å². The second-order valence-corrected chi connectivity index (χ2v) is 6.76. The zero-order valence-corrected chi connectivity index (χ0v) is 15.1. The van der Waals surface area contributed by atoms with Crippen LogP contribution in [0, 0.1) is 13.8 Å². The predicted molar refractivity (Wildman–Crippen MR) is 96.4 cm³/mol. The Morgan fingerprint density at radius 2 is 2.00 bits per heavy atom. The fourth-order valence-corrected chi connectivity index (χ4v) is 3.49. The van der Waals surface area contributed by atoms with Crippen LogP contribution in [0.25, 0.3) is 0 Å². The average Bonchev–Trinajstić information content (AvgIpc) is 3.15. The molecule has 6 nitrogen and oxygen atoms in total. The second-order valence-electron chi connectivity index (χ2n) is 4.90. The predicted octanol–water partition coefficient (Wildman–Crippen LogP) is 1.92. The molecule has 0 spiro atoms. The van der Waals surface area contributed by atoms with Gasteiger partial charge >= 0.3 is 0 Å². The highest BCUT2D eigenvalue weighted by Crippen LogP contribution is 2.14. The Morgan fingerprint density at radius 1 is 1.22 bits per heavy atom. The Balaban J connectivity index is 1.69. The number of aliphatic imine (C=N–C) groups is 1. The van der Waals surface area contributed by atoms with Crippen LogP contribution in [0.5, 0.6) is 0 Å². The van der Waals surface area contributed by atoms with Crippen LogP contribution in [0.15, 0.2) is 21.9 Å². The first-order chi connectivity index (χ1) is 11.1. The van der Waals surface area contributed by atoms with E-state index in [4.69, 9.17) is 0 Å². The number of hydrogen-bond acceptors (Lipinski definition) is 5. The quantitative estimate of drug-likeness (QED) is 0.422. The van der Waals surface area contributed by atoms with Gasteiger partial charge in [-0.15, -0.1) is 22.7 Å². The lowest BCUT2D eigenvalue weighted by atomic mass is 10.3. The number of thiophene rings is 1. The molecule has 0 aliphatic heterocycles. The topological polar surface area (TPSA) is 78.4 Å². The van der Waals surface area contributed by atoms with Gasteiger partial charge in [0.15, 0.2) is 5.96 Å². The normalized spacial score (nSPS) is 11.3. The number of carbonyl (C=O) groups excluding carboxylic acids is 1. The fourth-order valence-electron chi connectivity index (χ4n) is 1.93. The summed E-state index contributed by atoms with van der Waals surface area (Å²) in [4.78, 5) is 22.2. The number of nitrogens with zero attached hydrogens (tertiary/aromatic N) is 2. The molecule has 0 aromatic carbocycles. The van der Waals surface area contributed by atoms with Crippen molar-refractivity contribution >= 4 is 34.5 Å². The van der Waals surface area contributed by atoms with Gasteiger partial charge in [0.1, 0.15) is 4.88 Å². The van der Waals surface area contributed by atoms with Gasteiger partial charge in [-0.3, -0.25) is 9.79 Å². The first-order valence-corrected chi connectivity index (χ1v) is 9.03. The Morgan fingerprint density at radius 3 is 2.61 bits per heavy atom. The minimum atomic E-state index is -0.0797. The Kier molecular flexibility index (Phi) is 6.54. The van der Waals surface area contributed by atoms with Crippen molar-refractivity contribution in [3.63, 3.8) is 0 Å². The summed E-state index contributed by atoms with van der Waals surface area (Å²) in [5, 5.41) is 11.4. The molecule has 124 valence electrons. The number of rotatable bonds is 6. The molecule has 0 radical (unpaired) electrons. The maximum atomic E-state index is 11.9. The van der Waals surface area contributed by atoms with E-state index in [0.29, 0.717) is 18.0 Å². The van der Waals surface area contributed by atoms with E-state index < -0.39 is 0 Å². The van der Waals surface area contributed by atoms with Gasteiger partial charge in [0.25, 0.3) is 5.91 Å². The molecule has 2 aromatic heterocycles. The highest BCUT2D eigenvalue weighted by Gasteiger charge is 2.10. The molecule has 0 saturated heterocycles. The summed E-state index contributed by atoms with van der Waals surface area (Å²) in [7, 11) is 1.73. The van der Waals surface area contributed by atoms with E-state index in [2.05, 4.69) is 44.3 Å². The third-order valence-corrected chi connectivity index (χ3v) is 5.21. The molecule has 2 heterocycles. The lowest BCUT2D eigenvalue weighted by molar-refractivity contribution is 0.0957. The van der Waals surface area contributed by atoms with E-state index in [1.54, 1.807) is 23.9 Å². The van der Waals surface area contributed by atoms with E-state index in [-0.39, 0.29) is 5.91 Å². The minimum Gasteiger partial charge on any atom is -0.355 e. The van der Waals surface area contributed by atoms with Gasteiger partial charge in [-0.2, -0.15) is 0 Å². The van der Waals surface area contributed by atoms with E-state index in [1.165, 1.54) is 21.8 Å². The van der Waals surface area contributed by atoms with Crippen molar-refractivity contribution in [2.75, 3.05) is 20.1 Å². The Bertz CT molecular complexity index is 677. The van der Waals surface area contributed by atoms with Crippen LogP contribution in [-0.2, 0) is 6.54 Å². The number of aromatic nitrogens is 1. The van der Waals surface area contributed by atoms with Gasteiger partial charge in [0.05, 0.1) is 17.7 Å². The summed E-state index contributed by atoms with van der Waals surface area (Å²) >= 11 is 3.08. The molecule has 0 saturated carbocycles. The van der Waals surface area contributed by atoms with E-state index in [0.717, 1.165) is 18.2 Å². The summed E-state index contributed by atoms with van der Waals surface area (Å²) in [6.07, 6.45) is 0. The lowest BCUT2D eigenvalue weighted by Crippen LogP contribution is -2.41. The number of hydrogen-bond donors (Lipinski definition) is 3. The number of thiazole rings is 1. The molecule has 3 N–H and O–H groups in total. The zero-order chi connectivity index (χ0) is 16.7. The van der Waals surface area contributed by atoms with E-state index in [1.807, 2.05) is 6.92 Å². The first-order valence-electron chi connectivity index (χ1n) is 7.27. The minimum absolute atomic E-state index is 0.0797.